The zero-order chi connectivity index (χ0) is 14.7. The van der Waals surface area contributed by atoms with Crippen molar-refractivity contribution in [1.29, 1.82) is 0 Å². The number of para-hydroxylation sites is 1. The number of morpholine rings is 1. The highest BCUT2D eigenvalue weighted by atomic mass is 16.5. The topological polar surface area (TPSA) is 73.4 Å². The quantitative estimate of drug-likeness (QED) is 0.855. The predicted molar refractivity (Wildman–Crippen MR) is 78.7 cm³/mol. The lowest BCUT2D eigenvalue weighted by Crippen LogP contribution is -2.47. The SMILES string of the molecule is Nc1ccccc1C(=O)N1CCOC(Cn2cccn2)C1. The molecule has 1 unspecified atom stereocenters. The fraction of sp³-hybridized carbons (Fsp3) is 0.333. The largest absolute Gasteiger partial charge is 0.398 e. The molecule has 0 radical (unpaired) electrons. The molecule has 1 aliphatic heterocycles. The monoisotopic (exact) mass is 286 g/mol. The smallest absolute Gasteiger partial charge is 0.256 e. The van der Waals surface area contributed by atoms with E-state index < -0.39 is 0 Å². The summed E-state index contributed by atoms with van der Waals surface area (Å²) in [4.78, 5) is 14.3. The van der Waals surface area contributed by atoms with Crippen molar-refractivity contribution in [3.63, 3.8) is 0 Å². The molecule has 0 bridgehead atoms. The zero-order valence-electron chi connectivity index (χ0n) is 11.7. The van der Waals surface area contributed by atoms with Crippen LogP contribution in [-0.4, -0.2) is 46.4 Å². The highest BCUT2D eigenvalue weighted by Crippen LogP contribution is 2.16. The molecule has 1 saturated heterocycles. The summed E-state index contributed by atoms with van der Waals surface area (Å²) in [6.07, 6.45) is 3.57. The Morgan fingerprint density at radius 2 is 2.24 bits per heavy atom. The van der Waals surface area contributed by atoms with Gasteiger partial charge in [0.25, 0.3) is 5.91 Å². The van der Waals surface area contributed by atoms with Crippen molar-refractivity contribution in [2.75, 3.05) is 25.4 Å². The number of carbonyl (C=O) groups excluding carboxylic acids is 1. The van der Waals surface area contributed by atoms with Crippen molar-refractivity contribution in [2.45, 2.75) is 12.6 Å². The molecule has 1 aromatic heterocycles. The molecule has 0 saturated carbocycles. The minimum atomic E-state index is -0.0486. The standard InChI is InChI=1S/C15H18N4O2/c16-14-5-2-1-4-13(14)15(20)18-8-9-21-12(10-18)11-19-7-3-6-17-19/h1-7,12H,8-11,16H2. The summed E-state index contributed by atoms with van der Waals surface area (Å²) in [7, 11) is 0. The van der Waals surface area contributed by atoms with Crippen LogP contribution in [0.5, 0.6) is 0 Å². The number of amides is 1. The van der Waals surface area contributed by atoms with Gasteiger partial charge in [0.15, 0.2) is 0 Å². The van der Waals surface area contributed by atoms with Crippen LogP contribution in [0.2, 0.25) is 0 Å². The minimum absolute atomic E-state index is 0.0399. The maximum absolute atomic E-state index is 12.5. The average Bonchev–Trinajstić information content (AvgIpc) is 3.00. The number of hydrogen-bond donors (Lipinski definition) is 1. The second-order valence-electron chi connectivity index (χ2n) is 5.06. The average molecular weight is 286 g/mol. The van der Waals surface area contributed by atoms with Gasteiger partial charge < -0.3 is 15.4 Å². The maximum Gasteiger partial charge on any atom is 0.256 e. The van der Waals surface area contributed by atoms with Crippen molar-refractivity contribution in [2.24, 2.45) is 0 Å². The third kappa shape index (κ3) is 3.05. The van der Waals surface area contributed by atoms with Crippen molar-refractivity contribution in [3.05, 3.63) is 48.3 Å². The number of nitrogen functional groups attached to an aromatic ring is 1. The van der Waals surface area contributed by atoms with Gasteiger partial charge in [-0.3, -0.25) is 9.48 Å². The van der Waals surface area contributed by atoms with Crippen LogP contribution in [0.25, 0.3) is 0 Å². The number of nitrogens with two attached hydrogens (primary N) is 1. The van der Waals surface area contributed by atoms with E-state index in [9.17, 15) is 4.79 Å². The Bertz CT molecular complexity index is 612. The van der Waals surface area contributed by atoms with Crippen LogP contribution < -0.4 is 5.73 Å². The number of benzene rings is 1. The van der Waals surface area contributed by atoms with Gasteiger partial charge in [0, 0.05) is 31.2 Å². The molecule has 21 heavy (non-hydrogen) atoms. The number of nitrogens with zero attached hydrogens (tertiary/aromatic N) is 3. The van der Waals surface area contributed by atoms with Gasteiger partial charge in [-0.25, -0.2) is 0 Å². The molecule has 1 aromatic carbocycles. The molecule has 1 fully saturated rings. The lowest BCUT2D eigenvalue weighted by molar-refractivity contribution is -0.0299. The maximum atomic E-state index is 12.5. The van der Waals surface area contributed by atoms with Gasteiger partial charge in [-0.2, -0.15) is 5.10 Å². The number of anilines is 1. The molecule has 0 aliphatic carbocycles. The van der Waals surface area contributed by atoms with E-state index in [1.54, 1.807) is 23.2 Å². The van der Waals surface area contributed by atoms with Crippen molar-refractivity contribution >= 4 is 11.6 Å². The Hall–Kier alpha value is -2.34. The van der Waals surface area contributed by atoms with Crippen LogP contribution in [0.1, 0.15) is 10.4 Å². The summed E-state index contributed by atoms with van der Waals surface area (Å²) in [5, 5.41) is 4.17. The minimum Gasteiger partial charge on any atom is -0.398 e. The first-order valence-corrected chi connectivity index (χ1v) is 6.97. The second-order valence-corrected chi connectivity index (χ2v) is 5.06. The summed E-state index contributed by atoms with van der Waals surface area (Å²) in [5.41, 5.74) is 6.94. The molecular formula is C15H18N4O2. The Labute approximate surface area is 123 Å². The number of ether oxygens (including phenoxy) is 1. The first-order chi connectivity index (χ1) is 10.2. The van der Waals surface area contributed by atoms with Crippen LogP contribution >= 0.6 is 0 Å². The van der Waals surface area contributed by atoms with Crippen molar-refractivity contribution in [1.82, 2.24) is 14.7 Å². The van der Waals surface area contributed by atoms with Crippen molar-refractivity contribution < 1.29 is 9.53 Å². The van der Waals surface area contributed by atoms with E-state index in [-0.39, 0.29) is 12.0 Å². The van der Waals surface area contributed by atoms with Gasteiger partial charge >= 0.3 is 0 Å². The van der Waals surface area contributed by atoms with Crippen LogP contribution in [0.4, 0.5) is 5.69 Å². The lowest BCUT2D eigenvalue weighted by Gasteiger charge is -2.33. The molecule has 3 rings (SSSR count). The summed E-state index contributed by atoms with van der Waals surface area (Å²) < 4.78 is 7.53. The lowest BCUT2D eigenvalue weighted by atomic mass is 10.1. The Morgan fingerprint density at radius 3 is 3.00 bits per heavy atom. The third-order valence-electron chi connectivity index (χ3n) is 3.57. The number of rotatable bonds is 3. The molecule has 6 nitrogen and oxygen atoms in total. The number of carbonyl (C=O) groups is 1. The van der Waals surface area contributed by atoms with Gasteiger partial charge in [-0.1, -0.05) is 12.1 Å². The van der Waals surface area contributed by atoms with Crippen LogP contribution in [-0.2, 0) is 11.3 Å². The van der Waals surface area contributed by atoms with Gasteiger partial charge in [-0.15, -0.1) is 0 Å². The molecule has 0 spiro atoms. The summed E-state index contributed by atoms with van der Waals surface area (Å²) in [6, 6.07) is 9.03. The molecule has 2 N–H and O–H groups in total. The third-order valence-corrected chi connectivity index (χ3v) is 3.57. The Morgan fingerprint density at radius 1 is 1.38 bits per heavy atom. The summed E-state index contributed by atoms with van der Waals surface area (Å²) in [5.74, 6) is -0.0399. The molecule has 2 heterocycles. The normalized spacial score (nSPS) is 18.7. The van der Waals surface area contributed by atoms with E-state index in [1.165, 1.54) is 0 Å². The first-order valence-electron chi connectivity index (χ1n) is 6.97. The summed E-state index contributed by atoms with van der Waals surface area (Å²) >= 11 is 0. The Kier molecular flexibility index (Phi) is 3.87. The van der Waals surface area contributed by atoms with Crippen molar-refractivity contribution in [3.8, 4) is 0 Å². The van der Waals surface area contributed by atoms with Gasteiger partial charge in [0.2, 0.25) is 0 Å². The fourth-order valence-corrected chi connectivity index (χ4v) is 2.49. The molecule has 1 aliphatic rings. The Balaban J connectivity index is 1.68. The number of hydrogen-bond acceptors (Lipinski definition) is 4. The van der Waals surface area contributed by atoms with E-state index in [0.717, 1.165) is 0 Å². The molecule has 1 atom stereocenters. The van der Waals surface area contributed by atoms with Gasteiger partial charge in [-0.05, 0) is 18.2 Å². The van der Waals surface area contributed by atoms with E-state index in [0.29, 0.717) is 37.5 Å². The molecule has 1 amide bonds. The van der Waals surface area contributed by atoms with Gasteiger partial charge in [0.1, 0.15) is 0 Å². The molecule has 110 valence electrons. The second kappa shape index (κ2) is 5.97. The van der Waals surface area contributed by atoms with E-state index in [4.69, 9.17) is 10.5 Å². The molecular weight excluding hydrogens is 268 g/mol. The molecule has 2 aromatic rings. The zero-order valence-corrected chi connectivity index (χ0v) is 11.7. The highest BCUT2D eigenvalue weighted by molar-refractivity contribution is 5.99. The van der Waals surface area contributed by atoms with Crippen LogP contribution in [0.15, 0.2) is 42.7 Å². The van der Waals surface area contributed by atoms with Gasteiger partial charge in [0.05, 0.1) is 24.8 Å². The highest BCUT2D eigenvalue weighted by Gasteiger charge is 2.26. The fourth-order valence-electron chi connectivity index (χ4n) is 2.49. The predicted octanol–water partition coefficient (Wildman–Crippen LogP) is 1.01. The van der Waals surface area contributed by atoms with Crippen LogP contribution in [0, 0.1) is 0 Å². The van der Waals surface area contributed by atoms with E-state index in [1.807, 2.05) is 29.1 Å². The first kappa shape index (κ1) is 13.6. The van der Waals surface area contributed by atoms with E-state index in [2.05, 4.69) is 5.10 Å². The molecule has 6 heteroatoms. The van der Waals surface area contributed by atoms with Crippen LogP contribution in [0.3, 0.4) is 0 Å². The summed E-state index contributed by atoms with van der Waals surface area (Å²) in [6.45, 7) is 2.31. The van der Waals surface area contributed by atoms with E-state index >= 15 is 0 Å². The number of aromatic nitrogens is 2.